The van der Waals surface area contributed by atoms with Crippen LogP contribution < -0.4 is 5.32 Å². The van der Waals surface area contributed by atoms with Gasteiger partial charge in [0, 0.05) is 29.1 Å². The van der Waals surface area contributed by atoms with Crippen LogP contribution >= 0.6 is 11.6 Å². The molecule has 1 saturated carbocycles. The number of pyridine rings is 1. The maximum absolute atomic E-state index is 14.5. The molecule has 6 nitrogen and oxygen atoms in total. The quantitative estimate of drug-likeness (QED) is 0.691. The molecule has 6 rings (SSSR count). The molecule has 0 spiro atoms. The minimum absolute atomic E-state index is 0.0435. The number of carbonyl (C=O) groups is 1. The predicted molar refractivity (Wildman–Crippen MR) is 129 cm³/mol. The van der Waals surface area contributed by atoms with E-state index in [1.165, 1.54) is 0 Å². The second kappa shape index (κ2) is 8.70. The van der Waals surface area contributed by atoms with Crippen molar-refractivity contribution in [3.63, 3.8) is 0 Å². The number of hydrogen-bond donors (Lipinski definition) is 1. The molecular weight excluding hydrogens is 457 g/mol. The number of nitrogens with one attached hydrogen (secondary N) is 1. The molecule has 3 aliphatic heterocycles. The molecule has 1 aliphatic carbocycles. The molecular formula is C26H31ClFN3O3. The Hall–Kier alpha value is -1.80. The largest absolute Gasteiger partial charge is 0.381 e. The maximum Gasteiger partial charge on any atom is 0.229 e. The number of ether oxygens (including phenoxy) is 2. The number of likely N-dealkylation sites (tertiary alicyclic amines) is 1. The van der Waals surface area contributed by atoms with Crippen LogP contribution in [-0.4, -0.2) is 67.0 Å². The number of aromatic nitrogens is 1. The first-order valence-corrected chi connectivity index (χ1v) is 12.8. The fourth-order valence-electron chi connectivity index (χ4n) is 6.30. The van der Waals surface area contributed by atoms with Crippen LogP contribution in [0.15, 0.2) is 24.4 Å². The molecule has 1 aromatic carbocycles. The Balaban J connectivity index is 1.16. The van der Waals surface area contributed by atoms with Gasteiger partial charge in [0.15, 0.2) is 0 Å². The number of amides is 1. The Morgan fingerprint density at radius 3 is 2.68 bits per heavy atom. The molecule has 5 atom stereocenters. The summed E-state index contributed by atoms with van der Waals surface area (Å²) in [5.74, 6) is 1.80. The van der Waals surface area contributed by atoms with Gasteiger partial charge in [-0.1, -0.05) is 11.6 Å². The standard InChI is InChI=1S/C26H31ClFN3O3/c1-26(14-34-13-22(26)28)31-5-2-15(3-6-31)19-8-16-10-23(29-11-17(16)9-21(19)27)30-25(32)24-18-4-7-33-12-20(18)24/h8-11,15,18,20,22,24H,2-7,12-14H2,1H3,(H,29,30,32)/t18?,20?,22-,24?,26+/m1/s1. The second-order valence-corrected chi connectivity index (χ2v) is 11.0. The van der Waals surface area contributed by atoms with Gasteiger partial charge in [-0.3, -0.25) is 9.69 Å². The first kappa shape index (κ1) is 22.7. The van der Waals surface area contributed by atoms with Crippen molar-refractivity contribution < 1.29 is 18.7 Å². The van der Waals surface area contributed by atoms with E-state index in [4.69, 9.17) is 21.1 Å². The molecule has 3 unspecified atom stereocenters. The van der Waals surface area contributed by atoms with Crippen molar-refractivity contribution in [2.75, 3.05) is 44.8 Å². The molecule has 4 heterocycles. The van der Waals surface area contributed by atoms with Gasteiger partial charge in [0.25, 0.3) is 0 Å². The molecule has 1 amide bonds. The summed E-state index contributed by atoms with van der Waals surface area (Å²) in [4.78, 5) is 19.5. The van der Waals surface area contributed by atoms with Crippen molar-refractivity contribution in [2.24, 2.45) is 17.8 Å². The first-order chi connectivity index (χ1) is 16.4. The fourth-order valence-corrected chi connectivity index (χ4v) is 6.62. The van der Waals surface area contributed by atoms with Gasteiger partial charge in [-0.15, -0.1) is 0 Å². The van der Waals surface area contributed by atoms with Crippen LogP contribution in [0.1, 0.15) is 37.7 Å². The summed E-state index contributed by atoms with van der Waals surface area (Å²) in [6.45, 7) is 5.70. The molecule has 182 valence electrons. The Kier molecular flexibility index (Phi) is 5.79. The topological polar surface area (TPSA) is 63.7 Å². The van der Waals surface area contributed by atoms with Crippen LogP contribution in [0.5, 0.6) is 0 Å². The lowest BCUT2D eigenvalue weighted by atomic mass is 9.85. The Labute approximate surface area is 204 Å². The van der Waals surface area contributed by atoms with Crippen molar-refractivity contribution >= 4 is 34.1 Å². The predicted octanol–water partition coefficient (Wildman–Crippen LogP) is 4.42. The highest BCUT2D eigenvalue weighted by Crippen LogP contribution is 2.51. The molecule has 0 bridgehead atoms. The van der Waals surface area contributed by atoms with Crippen molar-refractivity contribution in [1.29, 1.82) is 0 Å². The van der Waals surface area contributed by atoms with E-state index in [9.17, 15) is 9.18 Å². The number of fused-ring (bicyclic) bond motifs is 2. The number of rotatable bonds is 4. The number of piperidine rings is 1. The minimum Gasteiger partial charge on any atom is -0.381 e. The van der Waals surface area contributed by atoms with Gasteiger partial charge in [0.05, 0.1) is 25.4 Å². The van der Waals surface area contributed by atoms with Crippen LogP contribution in [0, 0.1) is 17.8 Å². The SMILES string of the molecule is C[C@]1(N2CCC(c3cc4cc(NC(=O)C5C6CCOCC65)ncc4cc3Cl)CC2)COC[C@H]1F. The van der Waals surface area contributed by atoms with Gasteiger partial charge in [-0.05, 0) is 86.2 Å². The highest BCUT2D eigenvalue weighted by atomic mass is 35.5. The molecule has 1 aromatic heterocycles. The van der Waals surface area contributed by atoms with E-state index in [0.717, 1.165) is 60.3 Å². The van der Waals surface area contributed by atoms with Gasteiger partial charge in [-0.25, -0.2) is 9.37 Å². The number of carbonyl (C=O) groups excluding carboxylic acids is 1. The summed E-state index contributed by atoms with van der Waals surface area (Å²) in [6.07, 6.45) is 3.65. The van der Waals surface area contributed by atoms with E-state index in [0.29, 0.717) is 36.8 Å². The van der Waals surface area contributed by atoms with Crippen molar-refractivity contribution in [1.82, 2.24) is 9.88 Å². The number of hydrogen-bond acceptors (Lipinski definition) is 5. The zero-order valence-corrected chi connectivity index (χ0v) is 20.2. The third-order valence-electron chi connectivity index (χ3n) is 8.62. The summed E-state index contributed by atoms with van der Waals surface area (Å²) in [5.41, 5.74) is 0.592. The molecule has 8 heteroatoms. The average Bonchev–Trinajstić information content (AvgIpc) is 3.48. The smallest absolute Gasteiger partial charge is 0.229 e. The summed E-state index contributed by atoms with van der Waals surface area (Å²) in [5, 5.41) is 5.73. The molecule has 3 saturated heterocycles. The lowest BCUT2D eigenvalue weighted by Gasteiger charge is -2.43. The lowest BCUT2D eigenvalue weighted by Crippen LogP contribution is -2.55. The number of nitrogens with zero attached hydrogens (tertiary/aromatic N) is 2. The number of alkyl halides is 1. The van der Waals surface area contributed by atoms with E-state index < -0.39 is 11.7 Å². The zero-order valence-electron chi connectivity index (χ0n) is 19.4. The van der Waals surface area contributed by atoms with Gasteiger partial charge in [0.1, 0.15) is 12.0 Å². The van der Waals surface area contributed by atoms with Crippen molar-refractivity contribution in [3.8, 4) is 0 Å². The maximum atomic E-state index is 14.5. The Bertz CT molecular complexity index is 1100. The van der Waals surface area contributed by atoms with Crippen LogP contribution in [0.4, 0.5) is 10.2 Å². The Morgan fingerprint density at radius 1 is 1.15 bits per heavy atom. The van der Waals surface area contributed by atoms with Crippen LogP contribution in [0.25, 0.3) is 10.8 Å². The number of halogens is 2. The number of benzene rings is 1. The van der Waals surface area contributed by atoms with Crippen LogP contribution in [0.2, 0.25) is 5.02 Å². The molecule has 0 radical (unpaired) electrons. The molecule has 4 aliphatic rings. The minimum atomic E-state index is -0.943. The van der Waals surface area contributed by atoms with Gasteiger partial charge >= 0.3 is 0 Å². The Morgan fingerprint density at radius 2 is 1.97 bits per heavy atom. The summed E-state index contributed by atoms with van der Waals surface area (Å²) < 4.78 is 25.4. The van der Waals surface area contributed by atoms with E-state index in [1.807, 2.05) is 19.1 Å². The van der Waals surface area contributed by atoms with Crippen LogP contribution in [-0.2, 0) is 14.3 Å². The zero-order chi connectivity index (χ0) is 23.4. The van der Waals surface area contributed by atoms with E-state index in [2.05, 4.69) is 21.3 Å². The van der Waals surface area contributed by atoms with Crippen molar-refractivity contribution in [3.05, 3.63) is 35.0 Å². The van der Waals surface area contributed by atoms with Gasteiger partial charge in [-0.2, -0.15) is 0 Å². The molecule has 1 N–H and O–H groups in total. The summed E-state index contributed by atoms with van der Waals surface area (Å²) >= 11 is 6.69. The van der Waals surface area contributed by atoms with Crippen LogP contribution in [0.3, 0.4) is 0 Å². The highest BCUT2D eigenvalue weighted by Gasteiger charge is 2.55. The van der Waals surface area contributed by atoms with E-state index in [1.54, 1.807) is 6.20 Å². The lowest BCUT2D eigenvalue weighted by molar-refractivity contribution is -0.117. The third kappa shape index (κ3) is 3.91. The normalized spacial score (nSPS) is 34.2. The van der Waals surface area contributed by atoms with Gasteiger partial charge < -0.3 is 14.8 Å². The van der Waals surface area contributed by atoms with Gasteiger partial charge in [0.2, 0.25) is 5.91 Å². The second-order valence-electron chi connectivity index (χ2n) is 10.6. The monoisotopic (exact) mass is 487 g/mol. The molecule has 34 heavy (non-hydrogen) atoms. The molecule has 2 aromatic rings. The highest BCUT2D eigenvalue weighted by molar-refractivity contribution is 6.32. The van der Waals surface area contributed by atoms with E-state index in [-0.39, 0.29) is 18.4 Å². The third-order valence-corrected chi connectivity index (χ3v) is 8.95. The molecule has 4 fully saturated rings. The fraction of sp³-hybridized carbons (Fsp3) is 0.615. The summed E-state index contributed by atoms with van der Waals surface area (Å²) in [7, 11) is 0. The number of anilines is 1. The summed E-state index contributed by atoms with van der Waals surface area (Å²) in [6, 6.07) is 6.04. The average molecular weight is 488 g/mol. The van der Waals surface area contributed by atoms with E-state index >= 15 is 0 Å². The van der Waals surface area contributed by atoms with Crippen molar-refractivity contribution in [2.45, 2.75) is 43.8 Å². The first-order valence-electron chi connectivity index (χ1n) is 12.4.